The molecule has 0 spiro atoms. The van der Waals surface area contributed by atoms with Gasteiger partial charge in [-0.3, -0.25) is 9.97 Å². The Labute approximate surface area is 123 Å². The Bertz CT molecular complexity index is 778. The fraction of sp³-hybridized carbons (Fsp3) is 0.235. The standard InChI is InChI=1S/C17H16N4/c1-2-10-21(9-1)17-12-14(5-6-20-17)13-3-4-15-16(11-13)19-8-7-18-15/h3-8,11-12H,1-2,9-10H2. The normalized spacial score (nSPS) is 14.8. The van der Waals surface area contributed by atoms with Crippen molar-refractivity contribution in [2.24, 2.45) is 0 Å². The summed E-state index contributed by atoms with van der Waals surface area (Å²) in [6, 6.07) is 10.4. The van der Waals surface area contributed by atoms with E-state index in [-0.39, 0.29) is 0 Å². The monoisotopic (exact) mass is 276 g/mol. The molecular formula is C17H16N4. The minimum atomic E-state index is 0.925. The highest BCUT2D eigenvalue weighted by molar-refractivity contribution is 5.81. The fourth-order valence-corrected chi connectivity index (χ4v) is 2.86. The van der Waals surface area contributed by atoms with E-state index in [0.29, 0.717) is 0 Å². The van der Waals surface area contributed by atoms with Gasteiger partial charge in [-0.15, -0.1) is 0 Å². The van der Waals surface area contributed by atoms with Gasteiger partial charge in [-0.05, 0) is 48.2 Å². The second kappa shape index (κ2) is 5.13. The smallest absolute Gasteiger partial charge is 0.129 e. The predicted octanol–water partition coefficient (Wildman–Crippen LogP) is 3.29. The zero-order valence-corrected chi connectivity index (χ0v) is 11.7. The van der Waals surface area contributed by atoms with E-state index in [1.165, 1.54) is 18.4 Å². The number of nitrogens with zero attached hydrogens (tertiary/aromatic N) is 4. The summed E-state index contributed by atoms with van der Waals surface area (Å²) in [6.45, 7) is 2.22. The molecule has 1 aliphatic heterocycles. The van der Waals surface area contributed by atoms with E-state index in [9.17, 15) is 0 Å². The van der Waals surface area contributed by atoms with Crippen molar-refractivity contribution < 1.29 is 0 Å². The molecule has 0 bridgehead atoms. The van der Waals surface area contributed by atoms with E-state index in [0.717, 1.165) is 35.5 Å². The third-order valence-electron chi connectivity index (χ3n) is 3.98. The molecule has 4 rings (SSSR count). The van der Waals surface area contributed by atoms with E-state index in [4.69, 9.17) is 0 Å². The first-order valence-corrected chi connectivity index (χ1v) is 7.32. The summed E-state index contributed by atoms with van der Waals surface area (Å²) in [5.41, 5.74) is 4.19. The lowest BCUT2D eigenvalue weighted by Gasteiger charge is -2.17. The van der Waals surface area contributed by atoms with E-state index < -0.39 is 0 Å². The van der Waals surface area contributed by atoms with Gasteiger partial charge in [-0.1, -0.05) is 6.07 Å². The first kappa shape index (κ1) is 12.3. The van der Waals surface area contributed by atoms with Crippen molar-refractivity contribution >= 4 is 16.9 Å². The van der Waals surface area contributed by atoms with Gasteiger partial charge in [0.15, 0.2) is 0 Å². The lowest BCUT2D eigenvalue weighted by atomic mass is 10.1. The van der Waals surface area contributed by atoms with Gasteiger partial charge < -0.3 is 4.90 Å². The van der Waals surface area contributed by atoms with Crippen LogP contribution in [0.5, 0.6) is 0 Å². The molecule has 21 heavy (non-hydrogen) atoms. The Morgan fingerprint density at radius 1 is 0.714 bits per heavy atom. The highest BCUT2D eigenvalue weighted by Crippen LogP contribution is 2.26. The lowest BCUT2D eigenvalue weighted by molar-refractivity contribution is 0.938. The van der Waals surface area contributed by atoms with Gasteiger partial charge in [-0.2, -0.15) is 0 Å². The molecule has 0 radical (unpaired) electrons. The maximum Gasteiger partial charge on any atom is 0.129 e. The summed E-state index contributed by atoms with van der Waals surface area (Å²) >= 11 is 0. The van der Waals surface area contributed by atoms with Crippen LogP contribution in [-0.4, -0.2) is 28.0 Å². The molecule has 0 aliphatic carbocycles. The number of pyridine rings is 1. The van der Waals surface area contributed by atoms with E-state index >= 15 is 0 Å². The minimum absolute atomic E-state index is 0.925. The van der Waals surface area contributed by atoms with Crippen LogP contribution in [0.2, 0.25) is 0 Å². The molecule has 104 valence electrons. The lowest BCUT2D eigenvalue weighted by Crippen LogP contribution is -2.18. The largest absolute Gasteiger partial charge is 0.357 e. The van der Waals surface area contributed by atoms with Crippen molar-refractivity contribution in [2.75, 3.05) is 18.0 Å². The Morgan fingerprint density at radius 2 is 1.48 bits per heavy atom. The summed E-state index contributed by atoms with van der Waals surface area (Å²) in [7, 11) is 0. The summed E-state index contributed by atoms with van der Waals surface area (Å²) < 4.78 is 0. The second-order valence-corrected chi connectivity index (χ2v) is 5.36. The quantitative estimate of drug-likeness (QED) is 0.720. The average molecular weight is 276 g/mol. The van der Waals surface area contributed by atoms with Crippen LogP contribution in [0.3, 0.4) is 0 Å². The van der Waals surface area contributed by atoms with Crippen molar-refractivity contribution in [3.8, 4) is 11.1 Å². The van der Waals surface area contributed by atoms with E-state index in [1.54, 1.807) is 12.4 Å². The summed E-state index contributed by atoms with van der Waals surface area (Å²) in [4.78, 5) is 15.6. The molecule has 4 heteroatoms. The molecular weight excluding hydrogens is 260 g/mol. The van der Waals surface area contributed by atoms with Gasteiger partial charge in [0.2, 0.25) is 0 Å². The number of fused-ring (bicyclic) bond motifs is 1. The van der Waals surface area contributed by atoms with Gasteiger partial charge in [0.1, 0.15) is 5.82 Å². The number of anilines is 1. The van der Waals surface area contributed by atoms with Crippen LogP contribution >= 0.6 is 0 Å². The van der Waals surface area contributed by atoms with Crippen molar-refractivity contribution in [2.45, 2.75) is 12.8 Å². The number of hydrogen-bond acceptors (Lipinski definition) is 4. The zero-order valence-electron chi connectivity index (χ0n) is 11.7. The maximum absolute atomic E-state index is 4.51. The number of aromatic nitrogens is 3. The first-order chi connectivity index (χ1) is 10.4. The molecule has 2 aromatic heterocycles. The zero-order chi connectivity index (χ0) is 14.1. The minimum Gasteiger partial charge on any atom is -0.357 e. The summed E-state index contributed by atoms with van der Waals surface area (Å²) in [5.74, 6) is 1.07. The van der Waals surface area contributed by atoms with E-state index in [1.807, 2.05) is 12.3 Å². The van der Waals surface area contributed by atoms with Crippen molar-refractivity contribution in [3.63, 3.8) is 0 Å². The molecule has 0 atom stereocenters. The fourth-order valence-electron chi connectivity index (χ4n) is 2.86. The molecule has 0 amide bonds. The Kier molecular flexibility index (Phi) is 2.99. The second-order valence-electron chi connectivity index (χ2n) is 5.36. The van der Waals surface area contributed by atoms with Gasteiger partial charge in [0.05, 0.1) is 11.0 Å². The third-order valence-corrected chi connectivity index (χ3v) is 3.98. The highest BCUT2D eigenvalue weighted by Gasteiger charge is 2.14. The van der Waals surface area contributed by atoms with Crippen molar-refractivity contribution in [1.29, 1.82) is 0 Å². The van der Waals surface area contributed by atoms with E-state index in [2.05, 4.69) is 44.1 Å². The molecule has 1 aromatic carbocycles. The number of benzene rings is 1. The van der Waals surface area contributed by atoms with Crippen LogP contribution in [-0.2, 0) is 0 Å². The van der Waals surface area contributed by atoms with Gasteiger partial charge in [-0.25, -0.2) is 4.98 Å². The van der Waals surface area contributed by atoms with Gasteiger partial charge in [0, 0.05) is 31.7 Å². The predicted molar refractivity (Wildman–Crippen MR) is 84.2 cm³/mol. The van der Waals surface area contributed by atoms with Crippen LogP contribution in [0, 0.1) is 0 Å². The number of rotatable bonds is 2. The van der Waals surface area contributed by atoms with Gasteiger partial charge >= 0.3 is 0 Å². The Balaban J connectivity index is 1.75. The van der Waals surface area contributed by atoms with Crippen molar-refractivity contribution in [1.82, 2.24) is 15.0 Å². The average Bonchev–Trinajstić information content (AvgIpc) is 3.09. The number of hydrogen-bond donors (Lipinski definition) is 0. The Morgan fingerprint density at radius 3 is 2.33 bits per heavy atom. The van der Waals surface area contributed by atoms with Crippen LogP contribution < -0.4 is 4.90 Å². The molecule has 4 nitrogen and oxygen atoms in total. The summed E-state index contributed by atoms with van der Waals surface area (Å²) in [6.07, 6.45) is 7.87. The molecule has 0 N–H and O–H groups in total. The van der Waals surface area contributed by atoms with Crippen LogP contribution in [0.25, 0.3) is 22.2 Å². The molecule has 1 aliphatic rings. The van der Waals surface area contributed by atoms with Crippen LogP contribution in [0.1, 0.15) is 12.8 Å². The van der Waals surface area contributed by atoms with Crippen LogP contribution in [0.15, 0.2) is 48.9 Å². The maximum atomic E-state index is 4.51. The van der Waals surface area contributed by atoms with Crippen LogP contribution in [0.4, 0.5) is 5.82 Å². The topological polar surface area (TPSA) is 41.9 Å². The van der Waals surface area contributed by atoms with Gasteiger partial charge in [0.25, 0.3) is 0 Å². The SMILES string of the molecule is c1cc(-c2ccc3nccnc3c2)cc(N2CCCC2)n1. The first-order valence-electron chi connectivity index (χ1n) is 7.32. The molecule has 3 aromatic rings. The summed E-state index contributed by atoms with van der Waals surface area (Å²) in [5, 5.41) is 0. The molecule has 0 unspecified atom stereocenters. The molecule has 1 saturated heterocycles. The molecule has 3 heterocycles. The third kappa shape index (κ3) is 2.33. The Hall–Kier alpha value is -2.49. The molecule has 1 fully saturated rings. The highest BCUT2D eigenvalue weighted by atomic mass is 15.2. The van der Waals surface area contributed by atoms with Crippen molar-refractivity contribution in [3.05, 3.63) is 48.9 Å². The molecule has 0 saturated carbocycles.